The molecule has 0 saturated heterocycles. The summed E-state index contributed by atoms with van der Waals surface area (Å²) >= 11 is 5.60. The molecule has 13 heteroatoms. The summed E-state index contributed by atoms with van der Waals surface area (Å²) < 4.78 is 91.5. The predicted molar refractivity (Wildman–Crippen MR) is 123 cm³/mol. The van der Waals surface area contributed by atoms with E-state index in [0.717, 1.165) is 36.4 Å². The number of benzene rings is 3. The van der Waals surface area contributed by atoms with E-state index in [-0.39, 0.29) is 28.6 Å². The van der Waals surface area contributed by atoms with Gasteiger partial charge in [0.05, 0.1) is 21.2 Å². The third kappa shape index (κ3) is 5.49. The number of carbonyl (C=O) groups excluding carboxylic acids is 1. The summed E-state index contributed by atoms with van der Waals surface area (Å²) in [5, 5.41) is 1.68. The van der Waals surface area contributed by atoms with E-state index in [1.807, 2.05) is 0 Å². The van der Waals surface area contributed by atoms with Gasteiger partial charge in [-0.25, -0.2) is 12.8 Å². The van der Waals surface area contributed by atoms with Crippen LogP contribution < -0.4 is 19.1 Å². The summed E-state index contributed by atoms with van der Waals surface area (Å²) in [6, 6.07) is 11.0. The van der Waals surface area contributed by atoms with Gasteiger partial charge in [-0.05, 0) is 54.6 Å². The first kappa shape index (κ1) is 25.6. The van der Waals surface area contributed by atoms with Crippen LogP contribution in [0.1, 0.15) is 5.56 Å². The van der Waals surface area contributed by atoms with Crippen LogP contribution in [-0.4, -0.2) is 34.1 Å². The molecule has 0 atom stereocenters. The second kappa shape index (κ2) is 9.86. The SMILES string of the molecule is O=C(CN(c1ccc(F)cc1)S(=O)(=O)c1ccc2c(c1)OCCO2)Nc1ccc(Cl)c(C(F)(F)F)c1. The van der Waals surface area contributed by atoms with Crippen LogP contribution in [0.15, 0.2) is 65.6 Å². The highest BCUT2D eigenvalue weighted by atomic mass is 35.5. The molecule has 0 bridgehead atoms. The van der Waals surface area contributed by atoms with Gasteiger partial charge in [0.1, 0.15) is 25.6 Å². The summed E-state index contributed by atoms with van der Waals surface area (Å²) in [7, 11) is -4.41. The van der Waals surface area contributed by atoms with E-state index in [1.54, 1.807) is 0 Å². The Morgan fingerprint density at radius 2 is 1.64 bits per heavy atom. The van der Waals surface area contributed by atoms with Gasteiger partial charge in [-0.15, -0.1) is 0 Å². The van der Waals surface area contributed by atoms with E-state index < -0.39 is 45.1 Å². The van der Waals surface area contributed by atoms with Gasteiger partial charge < -0.3 is 14.8 Å². The molecule has 1 amide bonds. The highest BCUT2D eigenvalue weighted by molar-refractivity contribution is 7.92. The molecule has 1 N–H and O–H groups in total. The molecule has 0 aromatic heterocycles. The Kier molecular flexibility index (Phi) is 7.01. The maximum Gasteiger partial charge on any atom is 0.417 e. The Labute approximate surface area is 208 Å². The Balaban J connectivity index is 1.66. The van der Waals surface area contributed by atoms with Crippen molar-refractivity contribution in [3.05, 3.63) is 77.1 Å². The first-order valence-corrected chi connectivity index (χ1v) is 12.1. The average Bonchev–Trinajstić information content (AvgIpc) is 2.83. The standard InChI is InChI=1S/C23H17ClF4N2O5S/c24-19-7-3-15(11-18(19)23(26,27)28)29-22(31)13-30(16-4-1-14(25)2-5-16)36(32,33)17-6-8-20-21(12-17)35-10-9-34-20/h1-8,11-12H,9-10,13H2,(H,29,31). The molecule has 0 spiro atoms. The largest absolute Gasteiger partial charge is 0.486 e. The number of rotatable bonds is 6. The van der Waals surface area contributed by atoms with E-state index in [4.69, 9.17) is 21.1 Å². The number of carbonyl (C=O) groups is 1. The third-order valence-electron chi connectivity index (χ3n) is 5.06. The first-order valence-electron chi connectivity index (χ1n) is 10.3. The number of alkyl halides is 3. The van der Waals surface area contributed by atoms with E-state index in [9.17, 15) is 30.8 Å². The number of nitrogens with one attached hydrogen (secondary N) is 1. The number of nitrogens with zero attached hydrogens (tertiary/aromatic N) is 1. The minimum absolute atomic E-state index is 0.0477. The third-order valence-corrected chi connectivity index (χ3v) is 7.16. The van der Waals surface area contributed by atoms with Crippen molar-refractivity contribution in [2.75, 3.05) is 29.4 Å². The molecule has 4 rings (SSSR count). The van der Waals surface area contributed by atoms with Crippen molar-refractivity contribution in [1.29, 1.82) is 0 Å². The molecule has 1 heterocycles. The van der Waals surface area contributed by atoms with Crippen molar-refractivity contribution in [3.8, 4) is 11.5 Å². The van der Waals surface area contributed by atoms with E-state index >= 15 is 0 Å². The predicted octanol–water partition coefficient (Wildman–Crippen LogP) is 5.10. The number of hydrogen-bond acceptors (Lipinski definition) is 5. The number of anilines is 2. The van der Waals surface area contributed by atoms with Gasteiger partial charge in [0.2, 0.25) is 5.91 Å². The monoisotopic (exact) mass is 544 g/mol. The van der Waals surface area contributed by atoms with Crippen molar-refractivity contribution in [3.63, 3.8) is 0 Å². The van der Waals surface area contributed by atoms with Gasteiger partial charge in [0.15, 0.2) is 11.5 Å². The summed E-state index contributed by atoms with van der Waals surface area (Å²) in [5.41, 5.74) is -1.46. The minimum atomic E-state index is -4.76. The van der Waals surface area contributed by atoms with Gasteiger partial charge in [-0.2, -0.15) is 13.2 Å². The van der Waals surface area contributed by atoms with Crippen LogP contribution in [-0.2, 0) is 21.0 Å². The number of halogens is 5. The molecule has 0 radical (unpaired) electrons. The maximum atomic E-state index is 13.5. The van der Waals surface area contributed by atoms with Crippen LogP contribution >= 0.6 is 11.6 Å². The fraction of sp³-hybridized carbons (Fsp3) is 0.174. The zero-order valence-electron chi connectivity index (χ0n) is 18.2. The fourth-order valence-corrected chi connectivity index (χ4v) is 5.05. The second-order valence-electron chi connectivity index (χ2n) is 7.53. The highest BCUT2D eigenvalue weighted by Crippen LogP contribution is 2.37. The topological polar surface area (TPSA) is 84.9 Å². The molecule has 0 aliphatic carbocycles. The summed E-state index contributed by atoms with van der Waals surface area (Å²) in [5.74, 6) is -1.06. The smallest absolute Gasteiger partial charge is 0.417 e. The number of ether oxygens (including phenoxy) is 2. The zero-order valence-corrected chi connectivity index (χ0v) is 19.8. The first-order chi connectivity index (χ1) is 16.9. The van der Waals surface area contributed by atoms with Gasteiger partial charge in [0.25, 0.3) is 10.0 Å². The van der Waals surface area contributed by atoms with Crippen LogP contribution in [0, 0.1) is 5.82 Å². The Morgan fingerprint density at radius 3 is 2.31 bits per heavy atom. The molecule has 7 nitrogen and oxygen atoms in total. The van der Waals surface area contributed by atoms with Crippen LogP contribution in [0.4, 0.5) is 28.9 Å². The Morgan fingerprint density at radius 1 is 0.972 bits per heavy atom. The average molecular weight is 545 g/mol. The fourth-order valence-electron chi connectivity index (χ4n) is 3.38. The summed E-state index contributed by atoms with van der Waals surface area (Å²) in [6.45, 7) is -0.324. The Bertz CT molecular complexity index is 1400. The number of hydrogen-bond donors (Lipinski definition) is 1. The van der Waals surface area contributed by atoms with Gasteiger partial charge >= 0.3 is 6.18 Å². The lowest BCUT2D eigenvalue weighted by Gasteiger charge is -2.25. The second-order valence-corrected chi connectivity index (χ2v) is 9.80. The van der Waals surface area contributed by atoms with E-state index in [0.29, 0.717) is 22.7 Å². The molecular weight excluding hydrogens is 528 g/mol. The van der Waals surface area contributed by atoms with Crippen LogP contribution in [0.3, 0.4) is 0 Å². The lowest BCUT2D eigenvalue weighted by molar-refractivity contribution is -0.137. The normalized spacial score (nSPS) is 13.2. The summed E-state index contributed by atoms with van der Waals surface area (Å²) in [4.78, 5) is 12.5. The maximum absolute atomic E-state index is 13.5. The van der Waals surface area contributed by atoms with Crippen LogP contribution in [0.5, 0.6) is 11.5 Å². The van der Waals surface area contributed by atoms with Crippen molar-refractivity contribution in [2.45, 2.75) is 11.1 Å². The number of amides is 1. The van der Waals surface area contributed by atoms with Gasteiger partial charge in [-0.3, -0.25) is 9.10 Å². The van der Waals surface area contributed by atoms with Gasteiger partial charge in [0, 0.05) is 11.8 Å². The number of sulfonamides is 1. The molecule has 36 heavy (non-hydrogen) atoms. The van der Waals surface area contributed by atoms with E-state index in [2.05, 4.69) is 5.32 Å². The minimum Gasteiger partial charge on any atom is -0.486 e. The van der Waals surface area contributed by atoms with Crippen LogP contribution in [0.2, 0.25) is 5.02 Å². The highest BCUT2D eigenvalue weighted by Gasteiger charge is 2.34. The van der Waals surface area contributed by atoms with Crippen molar-refractivity contribution in [2.24, 2.45) is 0 Å². The molecule has 1 aliphatic heterocycles. The molecule has 1 aliphatic rings. The molecule has 3 aromatic carbocycles. The van der Waals surface area contributed by atoms with Crippen molar-refractivity contribution < 1.29 is 40.2 Å². The van der Waals surface area contributed by atoms with E-state index in [1.165, 1.54) is 18.2 Å². The molecule has 0 saturated carbocycles. The molecule has 0 fully saturated rings. The van der Waals surface area contributed by atoms with Crippen LogP contribution in [0.25, 0.3) is 0 Å². The summed E-state index contributed by atoms with van der Waals surface area (Å²) in [6.07, 6.45) is -4.76. The molecule has 190 valence electrons. The molecule has 0 unspecified atom stereocenters. The zero-order chi connectivity index (χ0) is 26.1. The number of fused-ring (bicyclic) bond motifs is 1. The molecular formula is C23H17ClF4N2O5S. The Hall–Kier alpha value is -3.51. The molecule has 3 aromatic rings. The van der Waals surface area contributed by atoms with Crippen molar-refractivity contribution >= 4 is 38.9 Å². The quantitative estimate of drug-likeness (QED) is 0.436. The lowest BCUT2D eigenvalue weighted by Crippen LogP contribution is -2.38. The van der Waals surface area contributed by atoms with Gasteiger partial charge in [-0.1, -0.05) is 11.6 Å². The van der Waals surface area contributed by atoms with Crippen molar-refractivity contribution in [1.82, 2.24) is 0 Å². The lowest BCUT2D eigenvalue weighted by atomic mass is 10.2.